The Labute approximate surface area is 127 Å². The van der Waals surface area contributed by atoms with E-state index in [1.54, 1.807) is 12.1 Å². The van der Waals surface area contributed by atoms with Crippen molar-refractivity contribution in [2.45, 2.75) is 39.0 Å². The number of hydrogen-bond donors (Lipinski definition) is 1. The maximum absolute atomic E-state index is 12.2. The summed E-state index contributed by atoms with van der Waals surface area (Å²) in [4.78, 5) is 23.4. The fraction of sp³-hybridized carbons (Fsp3) is 0.467. The minimum atomic E-state index is -0.178. The zero-order valence-corrected chi connectivity index (χ0v) is 13.1. The fourth-order valence-electron chi connectivity index (χ4n) is 2.16. The number of Topliss-reactive ketones (excluding diaryl/α,β-unsaturated/α-hetero) is 1. The van der Waals surface area contributed by atoms with Crippen molar-refractivity contribution in [3.63, 3.8) is 0 Å². The lowest BCUT2D eigenvalue weighted by Gasteiger charge is -2.19. The van der Waals surface area contributed by atoms with Crippen molar-refractivity contribution in [3.05, 3.63) is 22.2 Å². The summed E-state index contributed by atoms with van der Waals surface area (Å²) in [6, 6.07) is 3.44. The average Bonchev–Trinajstić information content (AvgIpc) is 2.42. The molecule has 1 N–H and O–H groups in total. The number of carbonyl (C=O) groups excluding carboxylic acids is 2. The minimum Gasteiger partial charge on any atom is -0.482 e. The average molecular weight is 340 g/mol. The van der Waals surface area contributed by atoms with Crippen molar-refractivity contribution >= 4 is 33.3 Å². The molecule has 0 atom stereocenters. The number of nitrogens with one attached hydrogen (secondary N) is 1. The van der Waals surface area contributed by atoms with Gasteiger partial charge < -0.3 is 10.1 Å². The van der Waals surface area contributed by atoms with Crippen LogP contribution >= 0.6 is 15.9 Å². The summed E-state index contributed by atoms with van der Waals surface area (Å²) in [6.45, 7) is 2.15. The highest BCUT2D eigenvalue weighted by molar-refractivity contribution is 9.10. The number of ketones is 1. The Morgan fingerprint density at radius 2 is 2.15 bits per heavy atom. The Morgan fingerprint density at radius 1 is 1.35 bits per heavy atom. The SMILES string of the molecule is CCCCCCC(=O)c1cc2c(cc1Br)NC(=O)CO2. The minimum absolute atomic E-state index is 0.00123. The smallest absolute Gasteiger partial charge is 0.262 e. The van der Waals surface area contributed by atoms with Crippen molar-refractivity contribution < 1.29 is 14.3 Å². The van der Waals surface area contributed by atoms with Gasteiger partial charge in [0.25, 0.3) is 5.91 Å². The molecule has 0 saturated heterocycles. The highest BCUT2D eigenvalue weighted by Crippen LogP contribution is 2.34. The van der Waals surface area contributed by atoms with Gasteiger partial charge in [-0.25, -0.2) is 0 Å². The molecule has 0 radical (unpaired) electrons. The molecular weight excluding hydrogens is 322 g/mol. The van der Waals surface area contributed by atoms with E-state index in [0.29, 0.717) is 27.9 Å². The summed E-state index contributed by atoms with van der Waals surface area (Å²) >= 11 is 3.39. The third-order valence-corrected chi connectivity index (χ3v) is 3.92. The molecule has 0 fully saturated rings. The number of benzene rings is 1. The van der Waals surface area contributed by atoms with Crippen LogP contribution in [0.5, 0.6) is 5.75 Å². The number of hydrogen-bond acceptors (Lipinski definition) is 3. The van der Waals surface area contributed by atoms with Gasteiger partial charge in [0.05, 0.1) is 5.69 Å². The Bertz CT molecular complexity index is 528. The van der Waals surface area contributed by atoms with E-state index in [-0.39, 0.29) is 18.3 Å². The lowest BCUT2D eigenvalue weighted by atomic mass is 10.0. The largest absolute Gasteiger partial charge is 0.482 e. The molecule has 5 heteroatoms. The monoisotopic (exact) mass is 339 g/mol. The fourth-order valence-corrected chi connectivity index (χ4v) is 2.73. The summed E-state index contributed by atoms with van der Waals surface area (Å²) in [6.07, 6.45) is 4.85. The molecular formula is C15H18BrNO3. The van der Waals surface area contributed by atoms with Crippen molar-refractivity contribution in [1.29, 1.82) is 0 Å². The van der Waals surface area contributed by atoms with Gasteiger partial charge in [-0.15, -0.1) is 0 Å². The summed E-state index contributed by atoms with van der Waals surface area (Å²) in [5.41, 5.74) is 1.23. The first kappa shape index (κ1) is 15.0. The number of rotatable bonds is 6. The van der Waals surface area contributed by atoms with E-state index in [0.717, 1.165) is 25.7 Å². The van der Waals surface area contributed by atoms with Gasteiger partial charge in [0.15, 0.2) is 12.4 Å². The number of carbonyl (C=O) groups is 2. The summed E-state index contributed by atoms with van der Waals surface area (Å²) in [7, 11) is 0. The second kappa shape index (κ2) is 6.88. The van der Waals surface area contributed by atoms with Gasteiger partial charge in [0.2, 0.25) is 0 Å². The first-order valence-electron chi connectivity index (χ1n) is 6.91. The van der Waals surface area contributed by atoms with E-state index in [4.69, 9.17) is 4.74 Å². The quantitative estimate of drug-likeness (QED) is 0.630. The predicted octanol–water partition coefficient (Wildman–Crippen LogP) is 3.93. The van der Waals surface area contributed by atoms with Gasteiger partial charge >= 0.3 is 0 Å². The standard InChI is InChI=1S/C15H18BrNO3/c1-2-3-4-5-6-13(18)10-7-14-12(8-11(10)16)17-15(19)9-20-14/h7-8H,2-6,9H2,1H3,(H,17,19). The number of unbranched alkanes of at least 4 members (excludes halogenated alkanes) is 3. The van der Waals surface area contributed by atoms with Crippen LogP contribution in [0.3, 0.4) is 0 Å². The van der Waals surface area contributed by atoms with Crippen molar-refractivity contribution in [3.8, 4) is 5.75 Å². The first-order chi connectivity index (χ1) is 9.61. The summed E-state index contributed by atoms with van der Waals surface area (Å²) < 4.78 is 6.04. The lowest BCUT2D eigenvalue weighted by Crippen LogP contribution is -2.25. The predicted molar refractivity (Wildman–Crippen MR) is 81.4 cm³/mol. The van der Waals surface area contributed by atoms with Crippen molar-refractivity contribution in [1.82, 2.24) is 0 Å². The van der Waals surface area contributed by atoms with Gasteiger partial charge in [-0.2, -0.15) is 0 Å². The van der Waals surface area contributed by atoms with Crippen LogP contribution in [0, 0.1) is 0 Å². The molecule has 1 amide bonds. The van der Waals surface area contributed by atoms with Crippen molar-refractivity contribution in [2.24, 2.45) is 0 Å². The third kappa shape index (κ3) is 3.60. The van der Waals surface area contributed by atoms with E-state index in [1.165, 1.54) is 0 Å². The molecule has 108 valence electrons. The Balaban J connectivity index is 2.08. The number of fused-ring (bicyclic) bond motifs is 1. The molecule has 2 rings (SSSR count). The van der Waals surface area contributed by atoms with Crippen LogP contribution in [0.1, 0.15) is 49.4 Å². The second-order valence-corrected chi connectivity index (χ2v) is 5.75. The van der Waals surface area contributed by atoms with E-state index in [9.17, 15) is 9.59 Å². The topological polar surface area (TPSA) is 55.4 Å². The van der Waals surface area contributed by atoms with Crippen LogP contribution in [0.4, 0.5) is 5.69 Å². The molecule has 0 aromatic heterocycles. The molecule has 0 aliphatic carbocycles. The maximum atomic E-state index is 12.2. The summed E-state index contributed by atoms with van der Waals surface area (Å²) in [5.74, 6) is 0.490. The van der Waals surface area contributed by atoms with Crippen LogP contribution < -0.4 is 10.1 Å². The molecule has 20 heavy (non-hydrogen) atoms. The number of ether oxygens (including phenoxy) is 1. The number of halogens is 1. The van der Waals surface area contributed by atoms with Gasteiger partial charge in [-0.3, -0.25) is 9.59 Å². The highest BCUT2D eigenvalue weighted by atomic mass is 79.9. The molecule has 1 aliphatic heterocycles. The van der Waals surface area contributed by atoms with E-state index >= 15 is 0 Å². The zero-order chi connectivity index (χ0) is 14.5. The molecule has 0 spiro atoms. The third-order valence-electron chi connectivity index (χ3n) is 3.26. The van der Waals surface area contributed by atoms with Crippen LogP contribution in [0.2, 0.25) is 0 Å². The molecule has 1 aromatic rings. The lowest BCUT2D eigenvalue weighted by molar-refractivity contribution is -0.118. The van der Waals surface area contributed by atoms with E-state index in [2.05, 4.69) is 28.2 Å². The molecule has 0 saturated carbocycles. The molecule has 1 heterocycles. The van der Waals surface area contributed by atoms with Crippen LogP contribution in [0.25, 0.3) is 0 Å². The Hall–Kier alpha value is -1.36. The molecule has 1 aromatic carbocycles. The van der Waals surface area contributed by atoms with Gasteiger partial charge in [-0.05, 0) is 34.5 Å². The number of anilines is 1. The van der Waals surface area contributed by atoms with Crippen LogP contribution in [0.15, 0.2) is 16.6 Å². The summed E-state index contributed by atoms with van der Waals surface area (Å²) in [5, 5.41) is 2.72. The van der Waals surface area contributed by atoms with E-state index < -0.39 is 0 Å². The first-order valence-corrected chi connectivity index (χ1v) is 7.70. The molecule has 0 bridgehead atoms. The number of amides is 1. The van der Waals surface area contributed by atoms with Crippen molar-refractivity contribution in [2.75, 3.05) is 11.9 Å². The Kier molecular flexibility index (Phi) is 5.17. The van der Waals surface area contributed by atoms with Crippen LogP contribution in [-0.2, 0) is 4.79 Å². The molecule has 0 unspecified atom stereocenters. The van der Waals surface area contributed by atoms with Gasteiger partial charge in [0.1, 0.15) is 5.75 Å². The molecule has 4 nitrogen and oxygen atoms in total. The van der Waals surface area contributed by atoms with Crippen LogP contribution in [-0.4, -0.2) is 18.3 Å². The van der Waals surface area contributed by atoms with E-state index in [1.807, 2.05) is 0 Å². The van der Waals surface area contributed by atoms with Gasteiger partial charge in [-0.1, -0.05) is 26.2 Å². The van der Waals surface area contributed by atoms with Gasteiger partial charge in [0, 0.05) is 16.5 Å². The molecule has 1 aliphatic rings. The second-order valence-electron chi connectivity index (χ2n) is 4.90. The normalized spacial score (nSPS) is 13.4. The zero-order valence-electron chi connectivity index (χ0n) is 11.5. The Morgan fingerprint density at radius 3 is 2.90 bits per heavy atom. The maximum Gasteiger partial charge on any atom is 0.262 e. The highest BCUT2D eigenvalue weighted by Gasteiger charge is 2.20.